The van der Waals surface area contributed by atoms with Crippen LogP contribution in [0.5, 0.6) is 0 Å². The molecule has 0 bridgehead atoms. The molecule has 1 aromatic heterocycles. The fourth-order valence-corrected chi connectivity index (χ4v) is 2.80. The van der Waals surface area contributed by atoms with Gasteiger partial charge in [0.1, 0.15) is 0 Å². The van der Waals surface area contributed by atoms with Gasteiger partial charge in [0.25, 0.3) is 5.56 Å². The fraction of sp³-hybridized carbons (Fsp3) is 0.375. The molecule has 1 atom stereocenters. The summed E-state index contributed by atoms with van der Waals surface area (Å²) < 4.78 is 1.33. The van der Waals surface area contributed by atoms with E-state index in [0.717, 1.165) is 17.7 Å². The molecule has 104 valence electrons. The molecule has 1 heterocycles. The van der Waals surface area contributed by atoms with Crippen molar-refractivity contribution in [2.24, 2.45) is 12.8 Å². The SMILES string of the molecule is Cn1nc(C(N)c2ccc3c(c2)CCCC3)ccc1=O. The summed E-state index contributed by atoms with van der Waals surface area (Å²) in [7, 11) is 1.64. The van der Waals surface area contributed by atoms with Crippen LogP contribution in [0.4, 0.5) is 0 Å². The molecule has 1 unspecified atom stereocenters. The third kappa shape index (κ3) is 2.39. The Morgan fingerprint density at radius 1 is 1.15 bits per heavy atom. The van der Waals surface area contributed by atoms with Gasteiger partial charge in [-0.15, -0.1) is 0 Å². The molecule has 3 rings (SSSR count). The Hall–Kier alpha value is -1.94. The fourth-order valence-electron chi connectivity index (χ4n) is 2.80. The van der Waals surface area contributed by atoms with Crippen molar-refractivity contribution in [2.75, 3.05) is 0 Å². The van der Waals surface area contributed by atoms with Gasteiger partial charge < -0.3 is 5.73 Å². The molecular weight excluding hydrogens is 250 g/mol. The maximum atomic E-state index is 11.4. The number of benzene rings is 1. The Bertz CT molecular complexity index is 690. The van der Waals surface area contributed by atoms with Crippen molar-refractivity contribution in [3.05, 3.63) is 63.1 Å². The average molecular weight is 269 g/mol. The van der Waals surface area contributed by atoms with Gasteiger partial charge in [-0.2, -0.15) is 5.10 Å². The van der Waals surface area contributed by atoms with Gasteiger partial charge in [0.2, 0.25) is 0 Å². The number of nitrogens with zero attached hydrogens (tertiary/aromatic N) is 2. The highest BCUT2D eigenvalue weighted by Crippen LogP contribution is 2.25. The molecule has 2 aromatic rings. The lowest BCUT2D eigenvalue weighted by atomic mass is 9.89. The predicted molar refractivity (Wildman–Crippen MR) is 78.6 cm³/mol. The summed E-state index contributed by atoms with van der Waals surface area (Å²) in [6.45, 7) is 0. The van der Waals surface area contributed by atoms with Gasteiger partial charge in [0.15, 0.2) is 0 Å². The van der Waals surface area contributed by atoms with Crippen LogP contribution in [0.2, 0.25) is 0 Å². The number of hydrogen-bond donors (Lipinski definition) is 1. The Kier molecular flexibility index (Phi) is 3.40. The normalized spacial score (nSPS) is 15.7. The summed E-state index contributed by atoms with van der Waals surface area (Å²) in [5, 5.41) is 4.24. The molecule has 0 amide bonds. The van der Waals surface area contributed by atoms with Crippen molar-refractivity contribution in [1.82, 2.24) is 9.78 Å². The number of fused-ring (bicyclic) bond motifs is 1. The number of aryl methyl sites for hydroxylation is 3. The van der Waals surface area contributed by atoms with Crippen molar-refractivity contribution in [3.8, 4) is 0 Å². The van der Waals surface area contributed by atoms with E-state index in [2.05, 4.69) is 23.3 Å². The van der Waals surface area contributed by atoms with E-state index in [1.54, 1.807) is 13.1 Å². The summed E-state index contributed by atoms with van der Waals surface area (Å²) in [6, 6.07) is 9.42. The quantitative estimate of drug-likeness (QED) is 0.902. The molecule has 20 heavy (non-hydrogen) atoms. The average Bonchev–Trinajstić information content (AvgIpc) is 2.49. The second-order valence-corrected chi connectivity index (χ2v) is 5.43. The first-order valence-corrected chi connectivity index (χ1v) is 7.07. The van der Waals surface area contributed by atoms with Crippen LogP contribution in [0.25, 0.3) is 0 Å². The van der Waals surface area contributed by atoms with Crippen LogP contribution in [0, 0.1) is 0 Å². The summed E-state index contributed by atoms with van der Waals surface area (Å²) in [6.07, 6.45) is 4.84. The first-order chi connectivity index (χ1) is 9.65. The van der Waals surface area contributed by atoms with Gasteiger partial charge in [-0.3, -0.25) is 4.79 Å². The van der Waals surface area contributed by atoms with Gasteiger partial charge >= 0.3 is 0 Å². The predicted octanol–water partition coefficient (Wildman–Crippen LogP) is 1.71. The van der Waals surface area contributed by atoms with Crippen LogP contribution in [0.3, 0.4) is 0 Å². The highest BCUT2D eigenvalue weighted by atomic mass is 16.1. The van der Waals surface area contributed by atoms with Gasteiger partial charge in [0, 0.05) is 13.1 Å². The van der Waals surface area contributed by atoms with E-state index >= 15 is 0 Å². The minimum atomic E-state index is -0.283. The molecule has 4 heteroatoms. The number of nitrogens with two attached hydrogens (primary N) is 1. The molecule has 1 aromatic carbocycles. The Morgan fingerprint density at radius 2 is 1.90 bits per heavy atom. The Labute approximate surface area is 118 Å². The van der Waals surface area contributed by atoms with Gasteiger partial charge in [-0.1, -0.05) is 18.2 Å². The lowest BCUT2D eigenvalue weighted by Gasteiger charge is -2.19. The van der Waals surface area contributed by atoms with E-state index in [4.69, 9.17) is 5.73 Å². The van der Waals surface area contributed by atoms with Crippen LogP contribution in [-0.2, 0) is 19.9 Å². The zero-order chi connectivity index (χ0) is 14.1. The van der Waals surface area contributed by atoms with E-state index in [9.17, 15) is 4.79 Å². The zero-order valence-corrected chi connectivity index (χ0v) is 11.7. The monoisotopic (exact) mass is 269 g/mol. The molecule has 0 fully saturated rings. The van der Waals surface area contributed by atoms with E-state index in [1.165, 1.54) is 41.1 Å². The van der Waals surface area contributed by atoms with Crippen LogP contribution in [0.1, 0.15) is 41.3 Å². The van der Waals surface area contributed by atoms with Gasteiger partial charge in [-0.05, 0) is 48.4 Å². The highest BCUT2D eigenvalue weighted by molar-refractivity contribution is 5.37. The molecule has 1 aliphatic carbocycles. The standard InChI is InChI=1S/C16H19N3O/c1-19-15(20)9-8-14(18-19)16(17)13-7-6-11-4-2-3-5-12(11)10-13/h6-10,16H,2-5,17H2,1H3. The molecule has 0 saturated carbocycles. The summed E-state index contributed by atoms with van der Waals surface area (Å²) in [4.78, 5) is 11.4. The Morgan fingerprint density at radius 3 is 2.65 bits per heavy atom. The minimum Gasteiger partial charge on any atom is -0.319 e. The topological polar surface area (TPSA) is 60.9 Å². The number of aromatic nitrogens is 2. The van der Waals surface area contributed by atoms with Crippen molar-refractivity contribution >= 4 is 0 Å². The third-order valence-corrected chi connectivity index (χ3v) is 4.03. The molecular formula is C16H19N3O. The van der Waals surface area contributed by atoms with E-state index in [-0.39, 0.29) is 11.6 Å². The second kappa shape index (κ2) is 5.21. The van der Waals surface area contributed by atoms with Crippen molar-refractivity contribution < 1.29 is 0 Å². The first-order valence-electron chi connectivity index (χ1n) is 7.07. The molecule has 0 aliphatic heterocycles. The lowest BCUT2D eigenvalue weighted by molar-refractivity contribution is 0.652. The minimum absolute atomic E-state index is 0.119. The van der Waals surface area contributed by atoms with Crippen LogP contribution in [-0.4, -0.2) is 9.78 Å². The smallest absolute Gasteiger partial charge is 0.266 e. The van der Waals surface area contributed by atoms with Crippen LogP contribution in [0.15, 0.2) is 35.1 Å². The summed E-state index contributed by atoms with van der Waals surface area (Å²) >= 11 is 0. The maximum absolute atomic E-state index is 11.4. The molecule has 2 N–H and O–H groups in total. The van der Waals surface area contributed by atoms with Crippen molar-refractivity contribution in [2.45, 2.75) is 31.7 Å². The number of rotatable bonds is 2. The second-order valence-electron chi connectivity index (χ2n) is 5.43. The van der Waals surface area contributed by atoms with Crippen LogP contribution >= 0.6 is 0 Å². The van der Waals surface area contributed by atoms with Gasteiger partial charge in [0.05, 0.1) is 11.7 Å². The number of hydrogen-bond acceptors (Lipinski definition) is 3. The molecule has 0 radical (unpaired) electrons. The summed E-state index contributed by atoms with van der Waals surface area (Å²) in [5.41, 5.74) is 10.8. The van der Waals surface area contributed by atoms with Crippen LogP contribution < -0.4 is 11.3 Å². The van der Waals surface area contributed by atoms with Gasteiger partial charge in [-0.25, -0.2) is 4.68 Å². The molecule has 0 spiro atoms. The highest BCUT2D eigenvalue weighted by Gasteiger charge is 2.15. The third-order valence-electron chi connectivity index (χ3n) is 4.03. The van der Waals surface area contributed by atoms with E-state index in [0.29, 0.717) is 0 Å². The van der Waals surface area contributed by atoms with E-state index < -0.39 is 0 Å². The molecule has 0 saturated heterocycles. The van der Waals surface area contributed by atoms with Crippen molar-refractivity contribution in [3.63, 3.8) is 0 Å². The molecule has 1 aliphatic rings. The zero-order valence-electron chi connectivity index (χ0n) is 11.7. The summed E-state index contributed by atoms with van der Waals surface area (Å²) in [5.74, 6) is 0. The van der Waals surface area contributed by atoms with Crippen molar-refractivity contribution in [1.29, 1.82) is 0 Å². The largest absolute Gasteiger partial charge is 0.319 e. The lowest BCUT2D eigenvalue weighted by Crippen LogP contribution is -2.23. The Balaban J connectivity index is 1.95. The maximum Gasteiger partial charge on any atom is 0.266 e. The molecule has 4 nitrogen and oxygen atoms in total. The first kappa shape index (κ1) is 13.1. The van der Waals surface area contributed by atoms with E-state index in [1.807, 2.05) is 0 Å².